The van der Waals surface area contributed by atoms with Gasteiger partial charge in [-0.05, 0) is 30.8 Å². The third kappa shape index (κ3) is 8.48. The molecule has 28 heavy (non-hydrogen) atoms. The Morgan fingerprint density at radius 1 is 1.04 bits per heavy atom. The Bertz CT molecular complexity index is 682. The normalized spacial score (nSPS) is 11.1. The summed E-state index contributed by atoms with van der Waals surface area (Å²) in [5, 5.41) is 2.92. The molecule has 0 spiro atoms. The molecular formula is C21H31Cl2N3O2. The van der Waals surface area contributed by atoms with E-state index in [0.29, 0.717) is 18.0 Å². The first-order valence-corrected chi connectivity index (χ1v) is 9.18. The zero-order valence-corrected chi connectivity index (χ0v) is 18.1. The molecule has 2 rings (SSSR count). The van der Waals surface area contributed by atoms with Crippen LogP contribution in [0.4, 0.5) is 5.69 Å². The van der Waals surface area contributed by atoms with Gasteiger partial charge in [0.1, 0.15) is 12.4 Å². The minimum absolute atomic E-state index is 0. The molecule has 0 aliphatic heterocycles. The second-order valence-electron chi connectivity index (χ2n) is 6.14. The van der Waals surface area contributed by atoms with Crippen molar-refractivity contribution in [2.45, 2.75) is 26.3 Å². The van der Waals surface area contributed by atoms with E-state index >= 15 is 0 Å². The van der Waals surface area contributed by atoms with Gasteiger partial charge in [0.05, 0.1) is 5.69 Å². The van der Waals surface area contributed by atoms with Crippen LogP contribution in [0.15, 0.2) is 54.6 Å². The molecule has 0 fully saturated rings. The smallest absolute Gasteiger partial charge is 0.226 e. The summed E-state index contributed by atoms with van der Waals surface area (Å²) in [6, 6.07) is 16.8. The van der Waals surface area contributed by atoms with Crippen LogP contribution in [0.2, 0.25) is 0 Å². The van der Waals surface area contributed by atoms with E-state index in [4.69, 9.17) is 10.5 Å². The molecule has 1 unspecified atom stereocenters. The number of halogens is 2. The number of rotatable bonds is 10. The van der Waals surface area contributed by atoms with E-state index in [1.807, 2.05) is 54.6 Å². The molecule has 1 atom stereocenters. The molecule has 0 bridgehead atoms. The van der Waals surface area contributed by atoms with Crippen molar-refractivity contribution in [3.05, 3.63) is 60.2 Å². The minimum Gasteiger partial charge on any atom is -0.490 e. The maximum Gasteiger partial charge on any atom is 0.226 e. The minimum atomic E-state index is -0.327. The average Bonchev–Trinajstić information content (AvgIpc) is 2.67. The molecule has 156 valence electrons. The Balaban J connectivity index is 0.00000364. The summed E-state index contributed by atoms with van der Waals surface area (Å²) in [5.41, 5.74) is 7.76. The largest absolute Gasteiger partial charge is 0.490 e. The monoisotopic (exact) mass is 427 g/mol. The number of anilines is 1. The quantitative estimate of drug-likeness (QED) is 0.593. The number of para-hydroxylation sites is 2. The SMILES string of the molecule is CCN(CC)CCOc1ccccc1NC(=O)CC(N)c1ccccc1.Cl.Cl. The molecule has 0 aromatic heterocycles. The van der Waals surface area contributed by atoms with E-state index in [-0.39, 0.29) is 43.2 Å². The zero-order chi connectivity index (χ0) is 18.8. The van der Waals surface area contributed by atoms with E-state index in [2.05, 4.69) is 24.1 Å². The Labute approximate surface area is 180 Å². The highest BCUT2D eigenvalue weighted by Gasteiger charge is 2.13. The van der Waals surface area contributed by atoms with Crippen molar-refractivity contribution in [3.63, 3.8) is 0 Å². The summed E-state index contributed by atoms with van der Waals surface area (Å²) in [7, 11) is 0. The van der Waals surface area contributed by atoms with Crippen molar-refractivity contribution in [3.8, 4) is 5.75 Å². The van der Waals surface area contributed by atoms with Crippen LogP contribution in [0.25, 0.3) is 0 Å². The highest BCUT2D eigenvalue weighted by Crippen LogP contribution is 2.24. The number of nitrogens with one attached hydrogen (secondary N) is 1. The predicted octanol–water partition coefficient (Wildman–Crippen LogP) is 4.28. The third-order valence-electron chi connectivity index (χ3n) is 4.35. The first-order chi connectivity index (χ1) is 12.6. The van der Waals surface area contributed by atoms with Crippen molar-refractivity contribution in [1.82, 2.24) is 4.90 Å². The lowest BCUT2D eigenvalue weighted by molar-refractivity contribution is -0.116. The molecule has 2 aromatic rings. The Morgan fingerprint density at radius 3 is 2.29 bits per heavy atom. The Kier molecular flexibility index (Phi) is 13.3. The summed E-state index contributed by atoms with van der Waals surface area (Å²) in [4.78, 5) is 14.7. The number of nitrogens with zero attached hydrogens (tertiary/aromatic N) is 1. The zero-order valence-electron chi connectivity index (χ0n) is 16.5. The average molecular weight is 428 g/mol. The number of carbonyl (C=O) groups is 1. The first kappa shape index (κ1) is 26.2. The fraction of sp³-hybridized carbons (Fsp3) is 0.381. The van der Waals surface area contributed by atoms with Gasteiger partial charge in [-0.3, -0.25) is 4.79 Å². The summed E-state index contributed by atoms with van der Waals surface area (Å²) in [6.07, 6.45) is 0.220. The van der Waals surface area contributed by atoms with Crippen molar-refractivity contribution >= 4 is 36.4 Å². The van der Waals surface area contributed by atoms with Crippen LogP contribution in [-0.4, -0.2) is 37.0 Å². The van der Waals surface area contributed by atoms with Gasteiger partial charge < -0.3 is 20.7 Å². The summed E-state index contributed by atoms with van der Waals surface area (Å²) < 4.78 is 5.87. The van der Waals surface area contributed by atoms with Crippen LogP contribution < -0.4 is 15.8 Å². The Hall–Kier alpha value is -1.79. The standard InChI is InChI=1S/C21H29N3O2.2ClH/c1-3-24(4-2)14-15-26-20-13-9-8-12-19(20)23-21(25)16-18(22)17-10-6-5-7-11-17;;/h5-13,18H,3-4,14-16,22H2,1-2H3,(H,23,25);2*1H. The van der Waals surface area contributed by atoms with E-state index in [0.717, 1.165) is 25.2 Å². The van der Waals surface area contributed by atoms with Crippen molar-refractivity contribution in [1.29, 1.82) is 0 Å². The fourth-order valence-corrected chi connectivity index (χ4v) is 2.74. The molecule has 7 heteroatoms. The van der Waals surface area contributed by atoms with Gasteiger partial charge in [-0.15, -0.1) is 24.8 Å². The van der Waals surface area contributed by atoms with E-state index in [1.165, 1.54) is 0 Å². The maximum atomic E-state index is 12.4. The summed E-state index contributed by atoms with van der Waals surface area (Å²) in [6.45, 7) is 7.69. The topological polar surface area (TPSA) is 67.6 Å². The van der Waals surface area contributed by atoms with Crippen LogP contribution in [0.1, 0.15) is 31.9 Å². The van der Waals surface area contributed by atoms with Gasteiger partial charge in [0.25, 0.3) is 0 Å². The van der Waals surface area contributed by atoms with Gasteiger partial charge in [0.2, 0.25) is 5.91 Å². The van der Waals surface area contributed by atoms with Crippen molar-refractivity contribution < 1.29 is 9.53 Å². The second kappa shape index (κ2) is 14.2. The number of likely N-dealkylation sites (N-methyl/N-ethyl adjacent to an activating group) is 1. The third-order valence-corrected chi connectivity index (χ3v) is 4.35. The number of carbonyl (C=O) groups excluding carboxylic acids is 1. The summed E-state index contributed by atoms with van der Waals surface area (Å²) in [5.74, 6) is 0.558. The van der Waals surface area contributed by atoms with Gasteiger partial charge in [-0.2, -0.15) is 0 Å². The molecule has 0 saturated heterocycles. The molecule has 2 aromatic carbocycles. The van der Waals surface area contributed by atoms with Gasteiger partial charge >= 0.3 is 0 Å². The summed E-state index contributed by atoms with van der Waals surface area (Å²) >= 11 is 0. The van der Waals surface area contributed by atoms with Gasteiger partial charge in [0, 0.05) is 19.0 Å². The van der Waals surface area contributed by atoms with Crippen molar-refractivity contribution in [2.24, 2.45) is 5.73 Å². The molecule has 1 amide bonds. The van der Waals surface area contributed by atoms with E-state index in [1.54, 1.807) is 0 Å². The molecule has 0 radical (unpaired) electrons. The molecule has 5 nitrogen and oxygen atoms in total. The molecule has 3 N–H and O–H groups in total. The van der Waals surface area contributed by atoms with E-state index in [9.17, 15) is 4.79 Å². The van der Waals surface area contributed by atoms with Crippen LogP contribution in [-0.2, 0) is 4.79 Å². The van der Waals surface area contributed by atoms with Crippen LogP contribution in [0, 0.1) is 0 Å². The lowest BCUT2D eigenvalue weighted by atomic mass is 10.0. The number of hydrogen-bond acceptors (Lipinski definition) is 4. The molecule has 0 aliphatic rings. The number of ether oxygens (including phenoxy) is 1. The predicted molar refractivity (Wildman–Crippen MR) is 121 cm³/mol. The molecular weight excluding hydrogens is 397 g/mol. The van der Waals surface area contributed by atoms with Crippen LogP contribution in [0.5, 0.6) is 5.75 Å². The molecule has 0 aliphatic carbocycles. The Morgan fingerprint density at radius 2 is 1.64 bits per heavy atom. The van der Waals surface area contributed by atoms with Gasteiger partial charge in [0.15, 0.2) is 0 Å². The number of hydrogen-bond donors (Lipinski definition) is 2. The van der Waals surface area contributed by atoms with Crippen molar-refractivity contribution in [2.75, 3.05) is 31.6 Å². The number of amides is 1. The molecule has 0 saturated carbocycles. The van der Waals surface area contributed by atoms with Gasteiger partial charge in [-0.25, -0.2) is 0 Å². The van der Waals surface area contributed by atoms with Crippen LogP contribution >= 0.6 is 24.8 Å². The number of nitrogens with two attached hydrogens (primary N) is 1. The number of benzene rings is 2. The second-order valence-corrected chi connectivity index (χ2v) is 6.14. The lowest BCUT2D eigenvalue weighted by Crippen LogP contribution is -2.28. The van der Waals surface area contributed by atoms with Crippen LogP contribution in [0.3, 0.4) is 0 Å². The highest BCUT2D eigenvalue weighted by atomic mass is 35.5. The fourth-order valence-electron chi connectivity index (χ4n) is 2.74. The first-order valence-electron chi connectivity index (χ1n) is 9.18. The maximum absolute atomic E-state index is 12.4. The van der Waals surface area contributed by atoms with E-state index < -0.39 is 0 Å². The highest BCUT2D eigenvalue weighted by molar-refractivity contribution is 5.92. The lowest BCUT2D eigenvalue weighted by Gasteiger charge is -2.19. The molecule has 0 heterocycles. The van der Waals surface area contributed by atoms with Gasteiger partial charge in [-0.1, -0.05) is 56.3 Å².